The summed E-state index contributed by atoms with van der Waals surface area (Å²) in [6.07, 6.45) is 4.75. The first-order valence-corrected chi connectivity index (χ1v) is 5.45. The van der Waals surface area contributed by atoms with Gasteiger partial charge in [0, 0.05) is 6.08 Å². The molecule has 0 bridgehead atoms. The van der Waals surface area contributed by atoms with Crippen LogP contribution in [0.2, 0.25) is 0 Å². The van der Waals surface area contributed by atoms with Crippen molar-refractivity contribution in [1.29, 1.82) is 0 Å². The third-order valence-electron chi connectivity index (χ3n) is 2.29. The minimum absolute atomic E-state index is 0.237. The molecule has 1 atom stereocenters. The molecule has 2 heteroatoms. The van der Waals surface area contributed by atoms with Gasteiger partial charge in [-0.05, 0) is 40.0 Å². The molecule has 0 aromatic carbocycles. The maximum Gasteiger partial charge on any atom is 0.330 e. The van der Waals surface area contributed by atoms with E-state index < -0.39 is 0 Å². The average molecular weight is 210 g/mol. The van der Waals surface area contributed by atoms with Crippen LogP contribution in [0, 0.1) is 5.92 Å². The molecule has 0 spiro atoms. The molecule has 0 aliphatic carbocycles. The summed E-state index contributed by atoms with van der Waals surface area (Å²) in [5.74, 6) is 0.156. The monoisotopic (exact) mass is 210 g/mol. The second-order valence-electron chi connectivity index (χ2n) is 4.06. The van der Waals surface area contributed by atoms with Crippen molar-refractivity contribution in [3.8, 4) is 0 Å². The van der Waals surface area contributed by atoms with Crippen molar-refractivity contribution in [2.45, 2.75) is 41.0 Å². The smallest absolute Gasteiger partial charge is 0.330 e. The lowest BCUT2D eigenvalue weighted by Crippen LogP contribution is -2.03. The van der Waals surface area contributed by atoms with Crippen LogP contribution in [-0.2, 0) is 9.53 Å². The Labute approximate surface area is 93.0 Å². The summed E-state index contributed by atoms with van der Waals surface area (Å²) in [5, 5.41) is 0. The van der Waals surface area contributed by atoms with Crippen LogP contribution in [0.1, 0.15) is 41.0 Å². The molecule has 0 N–H and O–H groups in total. The van der Waals surface area contributed by atoms with Crippen LogP contribution < -0.4 is 0 Å². The zero-order chi connectivity index (χ0) is 11.8. The minimum Gasteiger partial charge on any atom is -0.463 e. The summed E-state index contributed by atoms with van der Waals surface area (Å²) >= 11 is 0. The van der Waals surface area contributed by atoms with Crippen LogP contribution >= 0.6 is 0 Å². The lowest BCUT2D eigenvalue weighted by atomic mass is 9.98. The van der Waals surface area contributed by atoms with Gasteiger partial charge in [0.2, 0.25) is 0 Å². The molecule has 15 heavy (non-hydrogen) atoms. The highest BCUT2D eigenvalue weighted by atomic mass is 16.5. The zero-order valence-electron chi connectivity index (χ0n) is 10.5. The molecule has 86 valence electrons. The van der Waals surface area contributed by atoms with E-state index in [0.717, 1.165) is 12.0 Å². The van der Waals surface area contributed by atoms with Gasteiger partial charge < -0.3 is 4.74 Å². The Morgan fingerprint density at radius 3 is 2.40 bits per heavy atom. The molecule has 0 radical (unpaired) electrons. The topological polar surface area (TPSA) is 26.3 Å². The van der Waals surface area contributed by atoms with Gasteiger partial charge in [-0.2, -0.15) is 0 Å². The van der Waals surface area contributed by atoms with Crippen molar-refractivity contribution in [3.63, 3.8) is 0 Å². The normalized spacial score (nSPS) is 13.3. The quantitative estimate of drug-likeness (QED) is 0.394. The fourth-order valence-corrected chi connectivity index (χ4v) is 1.11. The second-order valence-corrected chi connectivity index (χ2v) is 4.06. The van der Waals surface area contributed by atoms with Crippen LogP contribution in [0.4, 0.5) is 0 Å². The van der Waals surface area contributed by atoms with Crippen molar-refractivity contribution in [3.05, 3.63) is 23.3 Å². The highest BCUT2D eigenvalue weighted by Crippen LogP contribution is 2.15. The van der Waals surface area contributed by atoms with Gasteiger partial charge in [-0.1, -0.05) is 24.1 Å². The minimum atomic E-state index is -0.237. The molecule has 1 unspecified atom stereocenters. The Kier molecular flexibility index (Phi) is 6.76. The Morgan fingerprint density at radius 1 is 1.33 bits per heavy atom. The number of rotatable bonds is 5. The van der Waals surface area contributed by atoms with Gasteiger partial charge in [0.25, 0.3) is 0 Å². The molecule has 0 heterocycles. The predicted octanol–water partition coefficient (Wildman–Crippen LogP) is 3.49. The lowest BCUT2D eigenvalue weighted by Gasteiger charge is -2.09. The summed E-state index contributed by atoms with van der Waals surface area (Å²) in [7, 11) is 0. The molecule has 0 aliphatic heterocycles. The van der Waals surface area contributed by atoms with E-state index in [1.165, 1.54) is 5.57 Å². The summed E-state index contributed by atoms with van der Waals surface area (Å²) in [6.45, 7) is 10.5. The van der Waals surface area contributed by atoms with E-state index in [1.54, 1.807) is 6.08 Å². The second kappa shape index (κ2) is 7.27. The number of esters is 1. The van der Waals surface area contributed by atoms with E-state index >= 15 is 0 Å². The highest BCUT2D eigenvalue weighted by molar-refractivity contribution is 5.82. The van der Waals surface area contributed by atoms with Crippen LogP contribution in [0.3, 0.4) is 0 Å². The lowest BCUT2D eigenvalue weighted by molar-refractivity contribution is -0.137. The third-order valence-corrected chi connectivity index (χ3v) is 2.29. The van der Waals surface area contributed by atoms with Gasteiger partial charge in [0.15, 0.2) is 0 Å². The molecule has 0 saturated carbocycles. The number of ether oxygens (including phenoxy) is 1. The molecule has 0 aromatic heterocycles. The van der Waals surface area contributed by atoms with Crippen molar-refractivity contribution in [1.82, 2.24) is 0 Å². The SMILES string of the molecule is CCOC(=O)C=C(C)C(C)CC=C(C)C. The Balaban J connectivity index is 4.24. The number of carbonyl (C=O) groups excluding carboxylic acids is 1. The van der Waals surface area contributed by atoms with E-state index in [4.69, 9.17) is 4.74 Å². The van der Waals surface area contributed by atoms with Crippen molar-refractivity contribution >= 4 is 5.97 Å². The number of hydrogen-bond donors (Lipinski definition) is 0. The molecule has 0 aromatic rings. The first-order chi connectivity index (χ1) is 6.97. The van der Waals surface area contributed by atoms with Gasteiger partial charge in [0.1, 0.15) is 0 Å². The van der Waals surface area contributed by atoms with Crippen molar-refractivity contribution in [2.24, 2.45) is 5.92 Å². The molecule has 0 saturated heterocycles. The summed E-state index contributed by atoms with van der Waals surface area (Å²) in [5.41, 5.74) is 2.39. The highest BCUT2D eigenvalue weighted by Gasteiger charge is 2.05. The summed E-state index contributed by atoms with van der Waals surface area (Å²) in [4.78, 5) is 11.2. The van der Waals surface area contributed by atoms with Crippen LogP contribution in [0.5, 0.6) is 0 Å². The van der Waals surface area contributed by atoms with Crippen LogP contribution in [0.15, 0.2) is 23.3 Å². The van der Waals surface area contributed by atoms with Crippen LogP contribution in [0.25, 0.3) is 0 Å². The molecule has 0 rings (SSSR count). The zero-order valence-corrected chi connectivity index (χ0v) is 10.5. The van der Waals surface area contributed by atoms with Gasteiger partial charge in [0.05, 0.1) is 6.61 Å². The maximum atomic E-state index is 11.2. The van der Waals surface area contributed by atoms with Crippen LogP contribution in [-0.4, -0.2) is 12.6 Å². The first-order valence-electron chi connectivity index (χ1n) is 5.45. The van der Waals surface area contributed by atoms with Gasteiger partial charge in [-0.25, -0.2) is 4.79 Å². The van der Waals surface area contributed by atoms with E-state index in [-0.39, 0.29) is 5.97 Å². The van der Waals surface area contributed by atoms with Gasteiger partial charge >= 0.3 is 5.97 Å². The average Bonchev–Trinajstić information content (AvgIpc) is 2.14. The number of hydrogen-bond acceptors (Lipinski definition) is 2. The fraction of sp³-hybridized carbons (Fsp3) is 0.615. The maximum absolute atomic E-state index is 11.2. The van der Waals surface area contributed by atoms with Crippen molar-refractivity contribution < 1.29 is 9.53 Å². The Morgan fingerprint density at radius 2 is 1.93 bits per heavy atom. The van der Waals surface area contributed by atoms with E-state index in [9.17, 15) is 4.79 Å². The largest absolute Gasteiger partial charge is 0.463 e. The predicted molar refractivity (Wildman–Crippen MR) is 63.6 cm³/mol. The Bertz CT molecular complexity index is 258. The fourth-order valence-electron chi connectivity index (χ4n) is 1.11. The molecular weight excluding hydrogens is 188 g/mol. The van der Waals surface area contributed by atoms with Crippen molar-refractivity contribution in [2.75, 3.05) is 6.61 Å². The molecule has 0 fully saturated rings. The molecule has 2 nitrogen and oxygen atoms in total. The molecule has 0 aliphatic rings. The van der Waals surface area contributed by atoms with E-state index in [0.29, 0.717) is 12.5 Å². The molecular formula is C13H22O2. The summed E-state index contributed by atoms with van der Waals surface area (Å²) < 4.78 is 4.86. The Hall–Kier alpha value is -1.05. The van der Waals surface area contributed by atoms with E-state index in [1.807, 2.05) is 13.8 Å². The van der Waals surface area contributed by atoms with Gasteiger partial charge in [-0.3, -0.25) is 0 Å². The first kappa shape index (κ1) is 13.9. The standard InChI is InChI=1S/C13H22O2/c1-6-15-13(14)9-12(5)11(4)8-7-10(2)3/h7,9,11H,6,8H2,1-5H3. The van der Waals surface area contributed by atoms with E-state index in [2.05, 4.69) is 26.8 Å². The molecule has 0 amide bonds. The summed E-state index contributed by atoms with van der Waals surface area (Å²) in [6, 6.07) is 0. The number of carbonyl (C=O) groups is 1. The third kappa shape index (κ3) is 6.95. The number of allylic oxidation sites excluding steroid dienone is 3. The van der Waals surface area contributed by atoms with Gasteiger partial charge in [-0.15, -0.1) is 0 Å².